The number of H-pyrrole nitrogens is 1. The maximum atomic E-state index is 12.0. The van der Waals surface area contributed by atoms with Gasteiger partial charge in [0.05, 0.1) is 4.92 Å². The molecule has 2 rings (SSSR count). The van der Waals surface area contributed by atoms with Gasteiger partial charge >= 0.3 is 11.4 Å². The lowest BCUT2D eigenvalue weighted by molar-refractivity contribution is -0.385. The number of aryl methyl sites for hydroxylation is 1. The Kier molecular flexibility index (Phi) is 4.69. The lowest BCUT2D eigenvalue weighted by Crippen LogP contribution is -2.34. The number of hydrogen-bond donors (Lipinski definition) is 2. The number of hydrogen-bond acceptors (Lipinski definition) is 6. The molecule has 1 amide bonds. The average molecular weight is 322 g/mol. The van der Waals surface area contributed by atoms with Crippen LogP contribution in [0.15, 0.2) is 28.0 Å². The van der Waals surface area contributed by atoms with Crippen LogP contribution in [0, 0.1) is 10.1 Å². The van der Waals surface area contributed by atoms with Gasteiger partial charge in [0, 0.05) is 31.9 Å². The van der Waals surface area contributed by atoms with Gasteiger partial charge in [0.1, 0.15) is 6.20 Å². The van der Waals surface area contributed by atoms with Gasteiger partial charge in [0.25, 0.3) is 11.5 Å². The number of carbonyl (C=O) groups excluding carboxylic acids is 1. The van der Waals surface area contributed by atoms with Crippen LogP contribution < -0.4 is 16.6 Å². The second kappa shape index (κ2) is 6.68. The van der Waals surface area contributed by atoms with Crippen molar-refractivity contribution in [3.05, 3.63) is 55.1 Å². The summed E-state index contributed by atoms with van der Waals surface area (Å²) in [6, 6.07) is 1.18. The molecule has 2 aromatic heterocycles. The molecule has 0 unspecified atom stereocenters. The molecule has 122 valence electrons. The van der Waals surface area contributed by atoms with Gasteiger partial charge in [-0.3, -0.25) is 33.9 Å². The highest BCUT2D eigenvalue weighted by Gasteiger charge is 2.24. The van der Waals surface area contributed by atoms with Crippen molar-refractivity contribution in [1.29, 1.82) is 0 Å². The van der Waals surface area contributed by atoms with E-state index in [1.54, 1.807) is 6.92 Å². The zero-order valence-corrected chi connectivity index (χ0v) is 12.2. The minimum atomic E-state index is -0.707. The zero-order chi connectivity index (χ0) is 17.0. The van der Waals surface area contributed by atoms with Crippen LogP contribution in [0.5, 0.6) is 0 Å². The normalized spacial score (nSPS) is 10.5. The SMILES string of the molecule is CCn1cc([N+](=O)[O-])c(C(=O)NCCn2ccc(=O)[nH]c2=O)n1. The van der Waals surface area contributed by atoms with E-state index >= 15 is 0 Å². The Balaban J connectivity index is 2.05. The lowest BCUT2D eigenvalue weighted by atomic mass is 10.3. The van der Waals surface area contributed by atoms with Crippen molar-refractivity contribution < 1.29 is 9.72 Å². The number of nitro groups is 1. The first kappa shape index (κ1) is 16.1. The predicted molar refractivity (Wildman–Crippen MR) is 78.2 cm³/mol. The van der Waals surface area contributed by atoms with E-state index in [1.807, 2.05) is 0 Å². The van der Waals surface area contributed by atoms with E-state index in [1.165, 1.54) is 27.7 Å². The molecule has 0 aliphatic carbocycles. The van der Waals surface area contributed by atoms with Crippen LogP contribution in [-0.4, -0.2) is 36.7 Å². The van der Waals surface area contributed by atoms with Gasteiger partial charge in [-0.1, -0.05) is 0 Å². The summed E-state index contributed by atoms with van der Waals surface area (Å²) >= 11 is 0. The van der Waals surface area contributed by atoms with Crippen molar-refractivity contribution >= 4 is 11.6 Å². The van der Waals surface area contributed by atoms with E-state index in [9.17, 15) is 24.5 Å². The van der Waals surface area contributed by atoms with Gasteiger partial charge < -0.3 is 5.32 Å². The fourth-order valence-corrected chi connectivity index (χ4v) is 1.86. The van der Waals surface area contributed by atoms with Gasteiger partial charge in [-0.15, -0.1) is 0 Å². The van der Waals surface area contributed by atoms with E-state index in [2.05, 4.69) is 15.4 Å². The Morgan fingerprint density at radius 3 is 2.83 bits per heavy atom. The minimum absolute atomic E-state index is 0.0426. The molecule has 0 atom stereocenters. The Morgan fingerprint density at radius 1 is 1.48 bits per heavy atom. The van der Waals surface area contributed by atoms with Crippen molar-refractivity contribution in [3.8, 4) is 0 Å². The third-order valence-corrected chi connectivity index (χ3v) is 3.01. The number of carbonyl (C=O) groups is 1. The largest absolute Gasteiger partial charge is 0.349 e. The molecule has 0 saturated heterocycles. The standard InChI is InChI=1S/C12H14N6O5/c1-2-17-7-8(18(22)23)10(15-17)11(20)13-4-6-16-5-3-9(19)14-12(16)21/h3,5,7H,2,4,6H2,1H3,(H,13,20)(H,14,19,21). The van der Waals surface area contributed by atoms with Crippen LogP contribution in [0.3, 0.4) is 0 Å². The van der Waals surface area contributed by atoms with E-state index in [4.69, 9.17) is 0 Å². The van der Waals surface area contributed by atoms with Crippen LogP contribution in [0.1, 0.15) is 17.4 Å². The first-order chi connectivity index (χ1) is 10.9. The Labute approximate surface area is 128 Å². The summed E-state index contributed by atoms with van der Waals surface area (Å²) in [5, 5.41) is 17.2. The van der Waals surface area contributed by atoms with Crippen LogP contribution in [0.2, 0.25) is 0 Å². The van der Waals surface area contributed by atoms with Crippen molar-refractivity contribution in [2.45, 2.75) is 20.0 Å². The highest BCUT2D eigenvalue weighted by Crippen LogP contribution is 2.16. The molecule has 23 heavy (non-hydrogen) atoms. The second-order valence-electron chi connectivity index (χ2n) is 4.54. The predicted octanol–water partition coefficient (Wildman–Crippen LogP) is -0.909. The van der Waals surface area contributed by atoms with E-state index < -0.39 is 22.1 Å². The highest BCUT2D eigenvalue weighted by atomic mass is 16.6. The summed E-state index contributed by atoms with van der Waals surface area (Å²) in [6.07, 6.45) is 2.48. The van der Waals surface area contributed by atoms with Crippen LogP contribution in [-0.2, 0) is 13.1 Å². The number of nitrogens with zero attached hydrogens (tertiary/aromatic N) is 4. The van der Waals surface area contributed by atoms with E-state index in [0.29, 0.717) is 6.54 Å². The zero-order valence-electron chi connectivity index (χ0n) is 12.2. The fraction of sp³-hybridized carbons (Fsp3) is 0.333. The number of aromatic nitrogens is 4. The van der Waals surface area contributed by atoms with Gasteiger partial charge in [0.15, 0.2) is 0 Å². The lowest BCUT2D eigenvalue weighted by Gasteiger charge is -2.05. The van der Waals surface area contributed by atoms with Crippen molar-refractivity contribution in [1.82, 2.24) is 24.6 Å². The van der Waals surface area contributed by atoms with Crippen molar-refractivity contribution in [2.24, 2.45) is 0 Å². The Bertz CT molecular complexity index is 848. The quantitative estimate of drug-likeness (QED) is 0.520. The van der Waals surface area contributed by atoms with Gasteiger partial charge in [0.2, 0.25) is 5.69 Å². The molecule has 0 spiro atoms. The van der Waals surface area contributed by atoms with E-state index in [-0.39, 0.29) is 24.5 Å². The molecule has 11 nitrogen and oxygen atoms in total. The number of nitrogens with one attached hydrogen (secondary N) is 2. The highest BCUT2D eigenvalue weighted by molar-refractivity contribution is 5.95. The van der Waals surface area contributed by atoms with Crippen molar-refractivity contribution in [3.63, 3.8) is 0 Å². The monoisotopic (exact) mass is 322 g/mol. The third kappa shape index (κ3) is 3.70. The molecule has 2 heterocycles. The van der Waals surface area contributed by atoms with Crippen LogP contribution in [0.25, 0.3) is 0 Å². The topological polar surface area (TPSA) is 145 Å². The molecule has 0 fully saturated rings. The molecule has 0 aliphatic heterocycles. The molecule has 2 aromatic rings. The molecular formula is C12H14N6O5. The summed E-state index contributed by atoms with van der Waals surface area (Å²) in [5.41, 5.74) is -1.79. The maximum absolute atomic E-state index is 12.0. The summed E-state index contributed by atoms with van der Waals surface area (Å²) in [4.78, 5) is 46.7. The summed E-state index contributed by atoms with van der Waals surface area (Å²) in [6.45, 7) is 2.27. The number of rotatable bonds is 6. The summed E-state index contributed by atoms with van der Waals surface area (Å²) in [5.74, 6) is -0.707. The Hall–Kier alpha value is -3.24. The van der Waals surface area contributed by atoms with Crippen molar-refractivity contribution in [2.75, 3.05) is 6.54 Å². The molecule has 0 aliphatic rings. The second-order valence-corrected chi connectivity index (χ2v) is 4.54. The summed E-state index contributed by atoms with van der Waals surface area (Å²) < 4.78 is 2.49. The number of aromatic amines is 1. The molecule has 11 heteroatoms. The molecule has 0 aromatic carbocycles. The molecular weight excluding hydrogens is 308 g/mol. The first-order valence-electron chi connectivity index (χ1n) is 6.72. The van der Waals surface area contributed by atoms with E-state index in [0.717, 1.165) is 0 Å². The minimum Gasteiger partial charge on any atom is -0.349 e. The summed E-state index contributed by atoms with van der Waals surface area (Å²) in [7, 11) is 0. The number of amides is 1. The Morgan fingerprint density at radius 2 is 2.22 bits per heavy atom. The van der Waals surface area contributed by atoms with Crippen LogP contribution in [0.4, 0.5) is 5.69 Å². The third-order valence-electron chi connectivity index (χ3n) is 3.01. The average Bonchev–Trinajstić information content (AvgIpc) is 2.94. The molecule has 0 radical (unpaired) electrons. The van der Waals surface area contributed by atoms with Crippen LogP contribution >= 0.6 is 0 Å². The van der Waals surface area contributed by atoms with Gasteiger partial charge in [-0.2, -0.15) is 5.10 Å². The molecule has 0 bridgehead atoms. The first-order valence-corrected chi connectivity index (χ1v) is 6.72. The van der Waals surface area contributed by atoms with Gasteiger partial charge in [-0.25, -0.2) is 4.79 Å². The van der Waals surface area contributed by atoms with Gasteiger partial charge in [-0.05, 0) is 6.92 Å². The molecule has 0 saturated carbocycles. The smallest absolute Gasteiger partial charge is 0.328 e. The maximum Gasteiger partial charge on any atom is 0.328 e. The fourth-order valence-electron chi connectivity index (χ4n) is 1.86. The molecule has 2 N–H and O–H groups in total.